The summed E-state index contributed by atoms with van der Waals surface area (Å²) in [5.41, 5.74) is 0. The highest BCUT2D eigenvalue weighted by atomic mass is 32.2. The van der Waals surface area contributed by atoms with E-state index in [1.54, 1.807) is 12.4 Å². The molecule has 1 aliphatic heterocycles. The fourth-order valence-electron chi connectivity index (χ4n) is 2.97. The lowest BCUT2D eigenvalue weighted by molar-refractivity contribution is 0.285. The minimum atomic E-state index is -3.71. The van der Waals surface area contributed by atoms with E-state index in [-0.39, 0.29) is 24.6 Å². The molecular weight excluding hydrogens is 387 g/mol. The molecule has 0 bridgehead atoms. The van der Waals surface area contributed by atoms with Crippen LogP contribution in [0.5, 0.6) is 5.75 Å². The second-order valence-corrected chi connectivity index (χ2v) is 8.09. The van der Waals surface area contributed by atoms with Gasteiger partial charge in [0.2, 0.25) is 10.0 Å². The maximum absolute atomic E-state index is 13.1. The van der Waals surface area contributed by atoms with Crippen LogP contribution in [-0.4, -0.2) is 50.5 Å². The van der Waals surface area contributed by atoms with E-state index >= 15 is 0 Å². The first kappa shape index (κ1) is 18.4. The lowest BCUT2D eigenvalue weighted by Crippen LogP contribution is -2.33. The third kappa shape index (κ3) is 3.71. The van der Waals surface area contributed by atoms with Crippen LogP contribution in [0.2, 0.25) is 0 Å². The highest BCUT2D eigenvalue weighted by Crippen LogP contribution is 2.20. The van der Waals surface area contributed by atoms with E-state index in [0.29, 0.717) is 30.4 Å². The molecule has 28 heavy (non-hydrogen) atoms. The zero-order valence-electron chi connectivity index (χ0n) is 14.8. The van der Waals surface area contributed by atoms with E-state index in [4.69, 9.17) is 4.74 Å². The van der Waals surface area contributed by atoms with Gasteiger partial charge in [-0.3, -0.25) is 0 Å². The van der Waals surface area contributed by atoms with Crippen molar-refractivity contribution < 1.29 is 17.5 Å². The Hall–Kier alpha value is -2.92. The average Bonchev–Trinajstić information content (AvgIpc) is 2.95. The zero-order valence-corrected chi connectivity index (χ0v) is 15.6. The van der Waals surface area contributed by atoms with E-state index in [0.717, 1.165) is 12.1 Å². The fraction of sp³-hybridized carbons (Fsp3) is 0.294. The Morgan fingerprint density at radius 1 is 1.04 bits per heavy atom. The SMILES string of the molecule is O=S(=O)(c1ccc(F)cc1)N1CCc2nnc(COc3cncnc3)n2CC1. The van der Waals surface area contributed by atoms with Crippen molar-refractivity contribution in [1.29, 1.82) is 0 Å². The van der Waals surface area contributed by atoms with Gasteiger partial charge in [-0.1, -0.05) is 0 Å². The van der Waals surface area contributed by atoms with Gasteiger partial charge in [-0.15, -0.1) is 10.2 Å². The molecule has 0 fully saturated rings. The molecule has 0 unspecified atom stereocenters. The Bertz CT molecular complexity index is 1060. The molecule has 0 radical (unpaired) electrons. The van der Waals surface area contributed by atoms with Gasteiger partial charge in [-0.05, 0) is 24.3 Å². The molecule has 0 N–H and O–H groups in total. The number of hydrogen-bond donors (Lipinski definition) is 0. The highest BCUT2D eigenvalue weighted by molar-refractivity contribution is 7.89. The van der Waals surface area contributed by atoms with E-state index in [9.17, 15) is 12.8 Å². The number of sulfonamides is 1. The van der Waals surface area contributed by atoms with Gasteiger partial charge >= 0.3 is 0 Å². The Kier molecular flexibility index (Phi) is 5.01. The maximum atomic E-state index is 13.1. The van der Waals surface area contributed by atoms with Crippen LogP contribution >= 0.6 is 0 Å². The molecule has 1 aliphatic rings. The zero-order chi connectivity index (χ0) is 19.6. The molecule has 11 heteroatoms. The first-order valence-electron chi connectivity index (χ1n) is 8.58. The van der Waals surface area contributed by atoms with Crippen LogP contribution in [-0.2, 0) is 29.6 Å². The molecule has 1 aromatic carbocycles. The number of aromatic nitrogens is 5. The molecule has 0 saturated carbocycles. The molecule has 4 rings (SSSR count). The van der Waals surface area contributed by atoms with Crippen molar-refractivity contribution in [3.63, 3.8) is 0 Å². The normalized spacial score (nSPS) is 15.0. The van der Waals surface area contributed by atoms with E-state index in [1.807, 2.05) is 4.57 Å². The molecule has 0 aliphatic carbocycles. The fourth-order valence-corrected chi connectivity index (χ4v) is 4.41. The van der Waals surface area contributed by atoms with Crippen LogP contribution in [0, 0.1) is 5.82 Å². The smallest absolute Gasteiger partial charge is 0.243 e. The maximum Gasteiger partial charge on any atom is 0.243 e. The number of ether oxygens (including phenoxy) is 1. The van der Waals surface area contributed by atoms with Gasteiger partial charge in [-0.2, -0.15) is 4.31 Å². The Labute approximate surface area is 160 Å². The summed E-state index contributed by atoms with van der Waals surface area (Å²) >= 11 is 0. The third-order valence-electron chi connectivity index (χ3n) is 4.42. The predicted octanol–water partition coefficient (Wildman–Crippen LogP) is 1.03. The van der Waals surface area contributed by atoms with Gasteiger partial charge in [0.1, 0.15) is 24.6 Å². The van der Waals surface area contributed by atoms with Crippen molar-refractivity contribution in [2.45, 2.75) is 24.5 Å². The Balaban J connectivity index is 1.48. The number of hydrogen-bond acceptors (Lipinski definition) is 7. The van der Waals surface area contributed by atoms with Gasteiger partial charge in [-0.25, -0.2) is 22.8 Å². The average molecular weight is 404 g/mol. The summed E-state index contributed by atoms with van der Waals surface area (Å²) in [5, 5.41) is 8.31. The summed E-state index contributed by atoms with van der Waals surface area (Å²) in [5.74, 6) is 1.32. The van der Waals surface area contributed by atoms with Crippen LogP contribution in [0.25, 0.3) is 0 Å². The van der Waals surface area contributed by atoms with Crippen molar-refractivity contribution in [3.05, 3.63) is 60.5 Å². The van der Waals surface area contributed by atoms with Crippen LogP contribution in [0.1, 0.15) is 11.6 Å². The number of rotatable bonds is 5. The first-order chi connectivity index (χ1) is 13.5. The molecule has 3 aromatic rings. The molecule has 3 heterocycles. The van der Waals surface area contributed by atoms with Crippen LogP contribution < -0.4 is 4.74 Å². The first-order valence-corrected chi connectivity index (χ1v) is 10.0. The summed E-state index contributed by atoms with van der Waals surface area (Å²) in [6.07, 6.45) is 4.92. The summed E-state index contributed by atoms with van der Waals surface area (Å²) in [4.78, 5) is 7.83. The second kappa shape index (κ2) is 7.60. The minimum Gasteiger partial charge on any atom is -0.482 e. The number of halogens is 1. The quantitative estimate of drug-likeness (QED) is 0.626. The number of benzene rings is 1. The molecule has 9 nitrogen and oxygen atoms in total. The van der Waals surface area contributed by atoms with Gasteiger partial charge < -0.3 is 9.30 Å². The monoisotopic (exact) mass is 404 g/mol. The largest absolute Gasteiger partial charge is 0.482 e. The van der Waals surface area contributed by atoms with E-state index in [1.165, 1.54) is 22.8 Å². The van der Waals surface area contributed by atoms with Crippen molar-refractivity contribution in [1.82, 2.24) is 29.0 Å². The van der Waals surface area contributed by atoms with Crippen molar-refractivity contribution in [2.24, 2.45) is 0 Å². The van der Waals surface area contributed by atoms with Crippen LogP contribution in [0.15, 0.2) is 47.9 Å². The summed E-state index contributed by atoms with van der Waals surface area (Å²) in [7, 11) is -3.71. The molecular formula is C17H17FN6O3S. The van der Waals surface area contributed by atoms with E-state index in [2.05, 4.69) is 20.2 Å². The second-order valence-electron chi connectivity index (χ2n) is 6.15. The van der Waals surface area contributed by atoms with Crippen molar-refractivity contribution in [2.75, 3.05) is 13.1 Å². The number of nitrogens with zero attached hydrogens (tertiary/aromatic N) is 6. The molecule has 0 spiro atoms. The lowest BCUT2D eigenvalue weighted by Gasteiger charge is -2.19. The van der Waals surface area contributed by atoms with Gasteiger partial charge in [0.05, 0.1) is 17.3 Å². The van der Waals surface area contributed by atoms with Crippen molar-refractivity contribution in [3.8, 4) is 5.75 Å². The Morgan fingerprint density at radius 3 is 2.54 bits per heavy atom. The van der Waals surface area contributed by atoms with Gasteiger partial charge in [0.15, 0.2) is 11.6 Å². The third-order valence-corrected chi connectivity index (χ3v) is 6.33. The molecule has 0 atom stereocenters. The molecule has 0 amide bonds. The Morgan fingerprint density at radius 2 is 1.79 bits per heavy atom. The van der Waals surface area contributed by atoms with E-state index < -0.39 is 15.8 Å². The van der Waals surface area contributed by atoms with Gasteiger partial charge in [0.25, 0.3) is 0 Å². The highest BCUT2D eigenvalue weighted by Gasteiger charge is 2.28. The standard InChI is InChI=1S/C17H17FN6O3S/c18-13-1-3-15(4-2-13)28(25,26)23-6-5-16-21-22-17(24(16)8-7-23)11-27-14-9-19-12-20-10-14/h1-4,9-10,12H,5-8,11H2. The minimum absolute atomic E-state index is 0.0687. The number of fused-ring (bicyclic) bond motifs is 1. The summed E-state index contributed by atoms with van der Waals surface area (Å²) < 4.78 is 47.7. The lowest BCUT2D eigenvalue weighted by atomic mass is 10.4. The van der Waals surface area contributed by atoms with Gasteiger partial charge in [0, 0.05) is 26.1 Å². The van der Waals surface area contributed by atoms with Crippen molar-refractivity contribution >= 4 is 10.0 Å². The van der Waals surface area contributed by atoms with Crippen LogP contribution in [0.3, 0.4) is 0 Å². The summed E-state index contributed by atoms with van der Waals surface area (Å²) in [6, 6.07) is 4.83. The summed E-state index contributed by atoms with van der Waals surface area (Å²) in [6.45, 7) is 1.09. The molecule has 0 saturated heterocycles. The topological polar surface area (TPSA) is 103 Å². The van der Waals surface area contributed by atoms with Crippen LogP contribution in [0.4, 0.5) is 4.39 Å². The predicted molar refractivity (Wildman–Crippen MR) is 95.2 cm³/mol. The molecule has 146 valence electrons. The molecule has 2 aromatic heterocycles.